The maximum absolute atomic E-state index is 12.5. The van der Waals surface area contributed by atoms with Gasteiger partial charge in [-0.1, -0.05) is 19.1 Å². The van der Waals surface area contributed by atoms with E-state index in [1.54, 1.807) is 31.1 Å². The van der Waals surface area contributed by atoms with Gasteiger partial charge in [-0.3, -0.25) is 4.79 Å². The summed E-state index contributed by atoms with van der Waals surface area (Å²) in [4.78, 5) is 18.8. The Morgan fingerprint density at radius 2 is 2.00 bits per heavy atom. The number of rotatable bonds is 8. The van der Waals surface area contributed by atoms with Crippen LogP contribution in [0.3, 0.4) is 0 Å². The molecule has 1 unspecified atom stereocenters. The first-order valence-electron chi connectivity index (χ1n) is 8.22. The van der Waals surface area contributed by atoms with Crippen LogP contribution in [0.15, 0.2) is 47.6 Å². The van der Waals surface area contributed by atoms with Crippen LogP contribution in [0.4, 0.5) is 0 Å². The molecule has 2 rings (SSSR count). The lowest BCUT2D eigenvalue weighted by molar-refractivity contribution is 0.0941. The van der Waals surface area contributed by atoms with Crippen LogP contribution in [0.25, 0.3) is 0 Å². The third-order valence-corrected chi connectivity index (χ3v) is 4.68. The summed E-state index contributed by atoms with van der Waals surface area (Å²) in [5.41, 5.74) is 1.77. The van der Waals surface area contributed by atoms with Crippen molar-refractivity contribution in [2.45, 2.75) is 18.0 Å². The highest BCUT2D eigenvalue weighted by Crippen LogP contribution is 2.21. The van der Waals surface area contributed by atoms with E-state index in [1.165, 1.54) is 0 Å². The van der Waals surface area contributed by atoms with Gasteiger partial charge in [0, 0.05) is 18.3 Å². The average molecular weight is 359 g/mol. The lowest BCUT2D eigenvalue weighted by atomic mass is 10.1. The maximum atomic E-state index is 12.5. The molecule has 1 aromatic heterocycles. The molecule has 1 amide bonds. The van der Waals surface area contributed by atoms with Crippen LogP contribution >= 0.6 is 11.8 Å². The minimum absolute atomic E-state index is 0.0827. The van der Waals surface area contributed by atoms with Gasteiger partial charge >= 0.3 is 0 Å². The predicted molar refractivity (Wildman–Crippen MR) is 102 cm³/mol. The molecule has 1 N–H and O–H groups in total. The first-order valence-corrected chi connectivity index (χ1v) is 9.21. The van der Waals surface area contributed by atoms with Gasteiger partial charge in [0.1, 0.15) is 5.75 Å². The topological polar surface area (TPSA) is 54.5 Å². The van der Waals surface area contributed by atoms with E-state index in [9.17, 15) is 4.79 Å². The summed E-state index contributed by atoms with van der Waals surface area (Å²) in [6.45, 7) is 2.59. The predicted octanol–water partition coefficient (Wildman–Crippen LogP) is 3.23. The Labute approximate surface area is 153 Å². The van der Waals surface area contributed by atoms with E-state index in [-0.39, 0.29) is 11.9 Å². The average Bonchev–Trinajstić information content (AvgIpc) is 2.62. The van der Waals surface area contributed by atoms with Crippen molar-refractivity contribution in [3.05, 3.63) is 53.7 Å². The fraction of sp³-hybridized carbons (Fsp3) is 0.368. The maximum Gasteiger partial charge on any atom is 0.251 e. The number of aromatic nitrogens is 1. The molecular formula is C19H25N3O2S. The minimum Gasteiger partial charge on any atom is -0.497 e. The molecule has 0 bridgehead atoms. The second kappa shape index (κ2) is 9.44. The van der Waals surface area contributed by atoms with Gasteiger partial charge in [-0.15, -0.1) is 11.8 Å². The number of likely N-dealkylation sites (N-methyl/N-ethyl adjacent to an activating group) is 1. The highest BCUT2D eigenvalue weighted by Gasteiger charge is 2.16. The van der Waals surface area contributed by atoms with Gasteiger partial charge in [-0.05, 0) is 49.7 Å². The van der Waals surface area contributed by atoms with Gasteiger partial charge < -0.3 is 15.0 Å². The largest absolute Gasteiger partial charge is 0.497 e. The Morgan fingerprint density at radius 3 is 2.60 bits per heavy atom. The number of ether oxygens (including phenoxy) is 1. The van der Waals surface area contributed by atoms with Gasteiger partial charge in [0.25, 0.3) is 5.91 Å². The Bertz CT molecular complexity index is 689. The quantitative estimate of drug-likeness (QED) is 0.734. The van der Waals surface area contributed by atoms with Crippen LogP contribution in [0, 0.1) is 0 Å². The SMILES string of the molecule is CCSc1cc(C(=O)NCC(c2ccc(OC)cc2)N(C)C)ccn1. The second-order valence-electron chi connectivity index (χ2n) is 5.78. The van der Waals surface area contributed by atoms with E-state index < -0.39 is 0 Å². The summed E-state index contributed by atoms with van der Waals surface area (Å²) >= 11 is 1.63. The number of carbonyl (C=O) groups is 1. The first-order chi connectivity index (χ1) is 12.0. The van der Waals surface area contributed by atoms with E-state index in [4.69, 9.17) is 4.74 Å². The van der Waals surface area contributed by atoms with Gasteiger partial charge in [0.2, 0.25) is 0 Å². The molecule has 0 spiro atoms. The van der Waals surface area contributed by atoms with Crippen molar-refractivity contribution in [1.29, 1.82) is 0 Å². The number of pyridine rings is 1. The Morgan fingerprint density at radius 1 is 1.28 bits per heavy atom. The number of hydrogen-bond donors (Lipinski definition) is 1. The van der Waals surface area contributed by atoms with E-state index in [2.05, 4.69) is 22.1 Å². The third kappa shape index (κ3) is 5.47. The number of benzene rings is 1. The second-order valence-corrected chi connectivity index (χ2v) is 7.06. The van der Waals surface area contributed by atoms with Crippen LogP contribution in [-0.4, -0.2) is 49.3 Å². The molecule has 0 fully saturated rings. The van der Waals surface area contributed by atoms with Crippen LogP contribution in [0.2, 0.25) is 0 Å². The van der Waals surface area contributed by atoms with Crippen molar-refractivity contribution in [2.75, 3.05) is 33.5 Å². The molecule has 1 heterocycles. The molecule has 1 atom stereocenters. The summed E-state index contributed by atoms with van der Waals surface area (Å²) in [6.07, 6.45) is 1.68. The smallest absolute Gasteiger partial charge is 0.251 e. The highest BCUT2D eigenvalue weighted by atomic mass is 32.2. The van der Waals surface area contributed by atoms with Crippen molar-refractivity contribution in [1.82, 2.24) is 15.2 Å². The molecule has 0 aliphatic carbocycles. The molecule has 134 valence electrons. The number of thioether (sulfide) groups is 1. The minimum atomic E-state index is -0.0827. The van der Waals surface area contributed by atoms with Crippen molar-refractivity contribution >= 4 is 17.7 Å². The van der Waals surface area contributed by atoms with Crippen LogP contribution in [0.1, 0.15) is 28.9 Å². The first kappa shape index (κ1) is 19.3. The van der Waals surface area contributed by atoms with Crippen molar-refractivity contribution in [3.63, 3.8) is 0 Å². The molecule has 6 heteroatoms. The van der Waals surface area contributed by atoms with Crippen molar-refractivity contribution in [3.8, 4) is 5.75 Å². The fourth-order valence-electron chi connectivity index (χ4n) is 2.49. The van der Waals surface area contributed by atoms with E-state index in [0.29, 0.717) is 12.1 Å². The molecule has 25 heavy (non-hydrogen) atoms. The summed E-state index contributed by atoms with van der Waals surface area (Å²) in [5, 5.41) is 3.90. The number of nitrogens with one attached hydrogen (secondary N) is 1. The molecule has 0 radical (unpaired) electrons. The zero-order chi connectivity index (χ0) is 18.2. The van der Waals surface area contributed by atoms with Gasteiger partial charge in [-0.25, -0.2) is 4.98 Å². The summed E-state index contributed by atoms with van der Waals surface area (Å²) in [7, 11) is 5.66. The fourth-order valence-corrected chi connectivity index (χ4v) is 3.14. The molecule has 1 aromatic carbocycles. The molecule has 0 aliphatic heterocycles. The van der Waals surface area contributed by atoms with Crippen LogP contribution in [0.5, 0.6) is 5.75 Å². The monoisotopic (exact) mass is 359 g/mol. The number of amides is 1. The molecule has 2 aromatic rings. The van der Waals surface area contributed by atoms with Crippen molar-refractivity contribution < 1.29 is 9.53 Å². The number of hydrogen-bond acceptors (Lipinski definition) is 5. The Kier molecular flexibility index (Phi) is 7.28. The van der Waals surface area contributed by atoms with Gasteiger partial charge in [-0.2, -0.15) is 0 Å². The van der Waals surface area contributed by atoms with Gasteiger partial charge in [0.15, 0.2) is 0 Å². The lowest BCUT2D eigenvalue weighted by Gasteiger charge is -2.25. The van der Waals surface area contributed by atoms with Crippen LogP contribution < -0.4 is 10.1 Å². The summed E-state index contributed by atoms with van der Waals surface area (Å²) in [5.74, 6) is 1.67. The van der Waals surface area contributed by atoms with E-state index in [0.717, 1.165) is 22.1 Å². The number of nitrogens with zero attached hydrogens (tertiary/aromatic N) is 2. The zero-order valence-corrected chi connectivity index (χ0v) is 16.0. The molecule has 0 saturated heterocycles. The number of carbonyl (C=O) groups excluding carboxylic acids is 1. The molecular weight excluding hydrogens is 334 g/mol. The van der Waals surface area contributed by atoms with E-state index in [1.807, 2.05) is 44.4 Å². The van der Waals surface area contributed by atoms with Crippen molar-refractivity contribution in [2.24, 2.45) is 0 Å². The van der Waals surface area contributed by atoms with Gasteiger partial charge in [0.05, 0.1) is 18.2 Å². The highest BCUT2D eigenvalue weighted by molar-refractivity contribution is 7.99. The summed E-state index contributed by atoms with van der Waals surface area (Å²) < 4.78 is 5.21. The number of methoxy groups -OCH3 is 1. The van der Waals surface area contributed by atoms with E-state index >= 15 is 0 Å². The molecule has 0 saturated carbocycles. The Balaban J connectivity index is 2.05. The third-order valence-electron chi connectivity index (χ3n) is 3.87. The molecule has 5 nitrogen and oxygen atoms in total. The normalized spacial score (nSPS) is 12.0. The summed E-state index contributed by atoms with van der Waals surface area (Å²) in [6, 6.07) is 11.6. The van der Waals surface area contributed by atoms with Crippen LogP contribution in [-0.2, 0) is 0 Å². The zero-order valence-electron chi connectivity index (χ0n) is 15.2. The lowest BCUT2D eigenvalue weighted by Crippen LogP contribution is -2.34. The Hall–Kier alpha value is -2.05. The molecule has 0 aliphatic rings. The standard InChI is InChI=1S/C19H25N3O2S/c1-5-25-18-12-15(10-11-20-18)19(23)21-13-17(22(2)3)14-6-8-16(24-4)9-7-14/h6-12,17H,5,13H2,1-4H3,(H,21,23).